The number of rotatable bonds is 5. The van der Waals surface area contributed by atoms with Gasteiger partial charge in [0.05, 0.1) is 29.0 Å². The Morgan fingerprint density at radius 1 is 1.05 bits per heavy atom. The molecule has 1 atom stereocenters. The van der Waals surface area contributed by atoms with Gasteiger partial charge in [0.25, 0.3) is 11.5 Å². The molecule has 0 aliphatic carbocycles. The summed E-state index contributed by atoms with van der Waals surface area (Å²) >= 11 is 1.32. The zero-order valence-corrected chi connectivity index (χ0v) is 21.6. The number of benzene rings is 3. The Kier molecular flexibility index (Phi) is 6.01. The number of ether oxygens (including phenoxy) is 1. The van der Waals surface area contributed by atoms with Gasteiger partial charge < -0.3 is 15.0 Å². The maximum absolute atomic E-state index is 13.9. The second-order valence-corrected chi connectivity index (χ2v) is 9.97. The summed E-state index contributed by atoms with van der Waals surface area (Å²) in [6.07, 6.45) is 3.78. The summed E-state index contributed by atoms with van der Waals surface area (Å²) in [6, 6.07) is 24.0. The lowest BCUT2D eigenvalue weighted by Gasteiger charge is -2.25. The number of anilines is 1. The molecule has 8 heteroatoms. The Morgan fingerprint density at radius 2 is 1.79 bits per heavy atom. The van der Waals surface area contributed by atoms with Gasteiger partial charge in [-0.25, -0.2) is 4.99 Å². The summed E-state index contributed by atoms with van der Waals surface area (Å²) in [5.41, 5.74) is 4.17. The van der Waals surface area contributed by atoms with Crippen molar-refractivity contribution in [3.8, 4) is 5.75 Å². The van der Waals surface area contributed by atoms with Crippen molar-refractivity contribution in [2.75, 3.05) is 12.4 Å². The van der Waals surface area contributed by atoms with Crippen molar-refractivity contribution in [1.29, 1.82) is 0 Å². The SMILES string of the molecule is COc1ccc([C@@H]2C(C(=O)Nc3ccccc3)=C(C)N=c3s/c(=C/c4c[nH]c5ccccc45)c(=O)n32)cc1. The second kappa shape index (κ2) is 9.64. The molecule has 3 aromatic carbocycles. The van der Waals surface area contributed by atoms with Crippen LogP contribution in [0.2, 0.25) is 0 Å². The molecule has 0 saturated carbocycles. The van der Waals surface area contributed by atoms with Crippen molar-refractivity contribution in [2.45, 2.75) is 13.0 Å². The van der Waals surface area contributed by atoms with E-state index in [1.807, 2.05) is 98.1 Å². The molecule has 0 saturated heterocycles. The maximum atomic E-state index is 13.9. The number of nitrogens with one attached hydrogen (secondary N) is 2. The van der Waals surface area contributed by atoms with Crippen LogP contribution < -0.4 is 24.9 Å². The van der Waals surface area contributed by atoms with E-state index in [0.29, 0.717) is 32.0 Å². The number of aromatic amines is 1. The first-order chi connectivity index (χ1) is 18.5. The fourth-order valence-electron chi connectivity index (χ4n) is 4.79. The van der Waals surface area contributed by atoms with E-state index in [1.165, 1.54) is 11.3 Å². The highest BCUT2D eigenvalue weighted by molar-refractivity contribution is 7.07. The van der Waals surface area contributed by atoms with Gasteiger partial charge >= 0.3 is 0 Å². The van der Waals surface area contributed by atoms with Crippen molar-refractivity contribution in [1.82, 2.24) is 9.55 Å². The van der Waals surface area contributed by atoms with Crippen LogP contribution in [0, 0.1) is 0 Å². The largest absolute Gasteiger partial charge is 0.497 e. The minimum atomic E-state index is -0.647. The molecule has 0 radical (unpaired) electrons. The van der Waals surface area contributed by atoms with Gasteiger partial charge in [0, 0.05) is 28.4 Å². The van der Waals surface area contributed by atoms with E-state index >= 15 is 0 Å². The minimum absolute atomic E-state index is 0.197. The first-order valence-corrected chi connectivity index (χ1v) is 12.9. The van der Waals surface area contributed by atoms with E-state index in [-0.39, 0.29) is 11.5 Å². The van der Waals surface area contributed by atoms with Crippen molar-refractivity contribution in [2.24, 2.45) is 4.99 Å². The molecule has 2 aromatic heterocycles. The summed E-state index contributed by atoms with van der Waals surface area (Å²) < 4.78 is 7.51. The average molecular weight is 521 g/mol. The van der Waals surface area contributed by atoms with Gasteiger partial charge in [-0.15, -0.1) is 0 Å². The Bertz CT molecular complexity index is 1880. The number of para-hydroxylation sites is 2. The summed E-state index contributed by atoms with van der Waals surface area (Å²) in [5, 5.41) is 4.00. The lowest BCUT2D eigenvalue weighted by atomic mass is 9.95. The number of thiazole rings is 1. The van der Waals surface area contributed by atoms with Gasteiger partial charge in [-0.2, -0.15) is 0 Å². The molecule has 0 spiro atoms. The first-order valence-electron chi connectivity index (χ1n) is 12.1. The predicted molar refractivity (Wildman–Crippen MR) is 150 cm³/mol. The Hall–Kier alpha value is -4.69. The molecule has 1 aliphatic heterocycles. The van der Waals surface area contributed by atoms with Crippen LogP contribution in [0.3, 0.4) is 0 Å². The number of allylic oxidation sites excluding steroid dienone is 1. The molecule has 2 N–H and O–H groups in total. The number of carbonyl (C=O) groups excluding carboxylic acids is 1. The molecular weight excluding hydrogens is 496 g/mol. The Balaban J connectivity index is 1.52. The molecule has 0 bridgehead atoms. The van der Waals surface area contributed by atoms with Gasteiger partial charge in [0.1, 0.15) is 5.75 Å². The molecule has 188 valence electrons. The van der Waals surface area contributed by atoms with Crippen molar-refractivity contribution in [3.63, 3.8) is 0 Å². The molecule has 6 rings (SSSR count). The fourth-order valence-corrected chi connectivity index (χ4v) is 5.83. The Labute approximate surface area is 222 Å². The highest BCUT2D eigenvalue weighted by Gasteiger charge is 2.32. The minimum Gasteiger partial charge on any atom is -0.497 e. The van der Waals surface area contributed by atoms with E-state index in [9.17, 15) is 9.59 Å². The fraction of sp³-hybridized carbons (Fsp3) is 0.100. The van der Waals surface area contributed by atoms with Gasteiger partial charge in [0.15, 0.2) is 4.80 Å². The zero-order chi connectivity index (χ0) is 26.2. The lowest BCUT2D eigenvalue weighted by Crippen LogP contribution is -2.40. The molecule has 38 heavy (non-hydrogen) atoms. The topological polar surface area (TPSA) is 88.5 Å². The third kappa shape index (κ3) is 4.14. The average Bonchev–Trinajstić information content (AvgIpc) is 3.49. The molecule has 0 fully saturated rings. The first kappa shape index (κ1) is 23.7. The summed E-state index contributed by atoms with van der Waals surface area (Å²) in [4.78, 5) is 36.1. The number of nitrogens with zero attached hydrogens (tertiary/aromatic N) is 2. The molecule has 5 aromatic rings. The predicted octanol–water partition coefficient (Wildman–Crippen LogP) is 4.36. The second-order valence-electron chi connectivity index (χ2n) is 8.96. The smallest absolute Gasteiger partial charge is 0.271 e. The van der Waals surface area contributed by atoms with Gasteiger partial charge in [0.2, 0.25) is 0 Å². The van der Waals surface area contributed by atoms with Gasteiger partial charge in [-0.05, 0) is 48.9 Å². The number of H-pyrrole nitrogens is 1. The van der Waals surface area contributed by atoms with Crippen molar-refractivity contribution in [3.05, 3.63) is 127 Å². The van der Waals surface area contributed by atoms with Gasteiger partial charge in [-0.3, -0.25) is 14.2 Å². The van der Waals surface area contributed by atoms with Crippen LogP contribution in [0.25, 0.3) is 17.0 Å². The van der Waals surface area contributed by atoms with Crippen LogP contribution in [-0.4, -0.2) is 22.6 Å². The van der Waals surface area contributed by atoms with E-state index in [4.69, 9.17) is 9.73 Å². The highest BCUT2D eigenvalue weighted by Crippen LogP contribution is 2.31. The molecule has 7 nitrogen and oxygen atoms in total. The van der Waals surface area contributed by atoms with Crippen LogP contribution in [-0.2, 0) is 4.79 Å². The molecule has 0 unspecified atom stereocenters. The number of amides is 1. The van der Waals surface area contributed by atoms with Gasteiger partial charge in [-0.1, -0.05) is 59.9 Å². The number of carbonyl (C=O) groups is 1. The van der Waals surface area contributed by atoms with E-state index < -0.39 is 6.04 Å². The molecule has 3 heterocycles. The number of methoxy groups -OCH3 is 1. The summed E-state index contributed by atoms with van der Waals surface area (Å²) in [7, 11) is 1.60. The molecule has 1 amide bonds. The number of aromatic nitrogens is 2. The van der Waals surface area contributed by atoms with E-state index in [2.05, 4.69) is 10.3 Å². The normalized spacial score (nSPS) is 15.3. The number of fused-ring (bicyclic) bond motifs is 2. The van der Waals surface area contributed by atoms with E-state index in [1.54, 1.807) is 11.7 Å². The standard InChI is InChI=1S/C30H24N4O3S/c1-18-26(28(35)33-21-8-4-3-5-9-21)27(19-12-14-22(37-2)15-13-19)34-29(36)25(38-30(34)32-18)16-20-17-31-24-11-7-6-10-23(20)24/h3-17,27,31H,1-2H3,(H,33,35)/b25-16+/t27-/m1/s1. The van der Waals surface area contributed by atoms with Crippen LogP contribution >= 0.6 is 11.3 Å². The molecule has 1 aliphatic rings. The molecular formula is C30H24N4O3S. The van der Waals surface area contributed by atoms with Crippen molar-refractivity contribution < 1.29 is 9.53 Å². The van der Waals surface area contributed by atoms with Crippen LogP contribution in [0.1, 0.15) is 24.1 Å². The van der Waals surface area contributed by atoms with E-state index in [0.717, 1.165) is 22.0 Å². The van der Waals surface area contributed by atoms with Crippen molar-refractivity contribution >= 4 is 39.9 Å². The lowest BCUT2D eigenvalue weighted by molar-refractivity contribution is -0.113. The number of hydrogen-bond donors (Lipinski definition) is 2. The van der Waals surface area contributed by atoms with Crippen LogP contribution in [0.5, 0.6) is 5.75 Å². The monoisotopic (exact) mass is 520 g/mol. The van der Waals surface area contributed by atoms with Crippen LogP contribution in [0.15, 0.2) is 106 Å². The Morgan fingerprint density at radius 3 is 2.55 bits per heavy atom. The third-order valence-corrected chi connectivity index (χ3v) is 7.62. The summed E-state index contributed by atoms with van der Waals surface area (Å²) in [5.74, 6) is 0.389. The quantitative estimate of drug-likeness (QED) is 0.361. The third-order valence-electron chi connectivity index (χ3n) is 6.64. The summed E-state index contributed by atoms with van der Waals surface area (Å²) in [6.45, 7) is 1.81. The number of hydrogen-bond acceptors (Lipinski definition) is 5. The highest BCUT2D eigenvalue weighted by atomic mass is 32.1. The zero-order valence-electron chi connectivity index (χ0n) is 20.8. The maximum Gasteiger partial charge on any atom is 0.271 e. The van der Waals surface area contributed by atoms with Crippen LogP contribution in [0.4, 0.5) is 5.69 Å².